The fourth-order valence-corrected chi connectivity index (χ4v) is 13.4. The first-order valence-electron chi connectivity index (χ1n) is 40.0. The Bertz CT molecular complexity index is 1860. The van der Waals surface area contributed by atoms with E-state index in [9.17, 15) is 43.2 Å². The van der Waals surface area contributed by atoms with Crippen molar-refractivity contribution in [3.63, 3.8) is 0 Å². The molecule has 0 amide bonds. The summed E-state index contributed by atoms with van der Waals surface area (Å²) in [6.45, 7) is 9.62. The molecule has 0 aliphatic heterocycles. The summed E-state index contributed by atoms with van der Waals surface area (Å²) in [7, 11) is -9.91. The van der Waals surface area contributed by atoms with Gasteiger partial charge in [0.1, 0.15) is 19.3 Å². The Morgan fingerprint density at radius 1 is 0.281 bits per heavy atom. The van der Waals surface area contributed by atoms with Crippen LogP contribution in [-0.4, -0.2) is 96.7 Å². The van der Waals surface area contributed by atoms with Crippen LogP contribution in [0.1, 0.15) is 401 Å². The minimum absolute atomic E-state index is 0.107. The van der Waals surface area contributed by atoms with Crippen molar-refractivity contribution in [3.05, 3.63) is 0 Å². The zero-order valence-corrected chi connectivity index (χ0v) is 64.5. The van der Waals surface area contributed by atoms with Gasteiger partial charge < -0.3 is 33.8 Å². The molecular weight excluding hydrogens is 1260 g/mol. The number of rotatable bonds is 76. The third-order valence-corrected chi connectivity index (χ3v) is 19.9. The molecule has 0 fully saturated rings. The van der Waals surface area contributed by atoms with E-state index in [1.165, 1.54) is 218 Å². The molecule has 0 saturated heterocycles. The van der Waals surface area contributed by atoms with E-state index in [4.69, 9.17) is 37.0 Å². The highest BCUT2D eigenvalue weighted by molar-refractivity contribution is 7.47. The standard InChI is InChI=1S/C77H150O17P2/c1-7-9-11-13-15-17-18-19-20-21-24-30-36-42-48-54-60-75(80)88-66-73(94-76(81)61-55-49-43-37-31-25-22-23-28-34-39-45-51-57-69(3)4)68-92-96(85,86)90-64-71(78)63-89-95(83,84)91-67-72(65-87-74(79)59-53-47-41-33-16-14-12-10-8-2)93-77(82)62-56-50-44-38-32-27-26-29-35-40-46-52-58-70(5)6/h69-73,78H,7-68H2,1-6H3,(H,83,84)(H,85,86)/t71-,72+,73+/m0/s1. The molecule has 0 aromatic carbocycles. The number of aliphatic hydroxyl groups excluding tert-OH is 1. The van der Waals surface area contributed by atoms with Crippen LogP contribution in [0.25, 0.3) is 0 Å². The Kier molecular flexibility index (Phi) is 67.4. The van der Waals surface area contributed by atoms with E-state index < -0.39 is 97.5 Å². The summed E-state index contributed by atoms with van der Waals surface area (Å²) in [4.78, 5) is 72.8. The number of carbonyl (C=O) groups is 4. The van der Waals surface area contributed by atoms with Crippen LogP contribution in [0.2, 0.25) is 0 Å². The molecule has 3 N–H and O–H groups in total. The van der Waals surface area contributed by atoms with Crippen molar-refractivity contribution in [2.24, 2.45) is 11.8 Å². The highest BCUT2D eigenvalue weighted by Gasteiger charge is 2.30. The predicted octanol–water partition coefficient (Wildman–Crippen LogP) is 22.7. The Morgan fingerprint density at radius 2 is 0.479 bits per heavy atom. The molecule has 0 aromatic rings. The van der Waals surface area contributed by atoms with Gasteiger partial charge in [-0.2, -0.15) is 0 Å². The predicted molar refractivity (Wildman–Crippen MR) is 391 cm³/mol. The number of hydrogen-bond acceptors (Lipinski definition) is 15. The summed E-state index contributed by atoms with van der Waals surface area (Å²) < 4.78 is 68.6. The molecular formula is C77H150O17P2. The van der Waals surface area contributed by atoms with Crippen molar-refractivity contribution >= 4 is 39.5 Å². The highest BCUT2D eigenvalue weighted by atomic mass is 31.2. The minimum atomic E-state index is -4.96. The van der Waals surface area contributed by atoms with Gasteiger partial charge in [0.2, 0.25) is 0 Å². The molecule has 570 valence electrons. The summed E-state index contributed by atoms with van der Waals surface area (Å²) in [5.74, 6) is -0.550. The van der Waals surface area contributed by atoms with E-state index in [0.717, 1.165) is 102 Å². The van der Waals surface area contributed by atoms with Crippen LogP contribution in [0.15, 0.2) is 0 Å². The Hall–Kier alpha value is -1.94. The smallest absolute Gasteiger partial charge is 0.462 e. The van der Waals surface area contributed by atoms with Gasteiger partial charge in [0, 0.05) is 25.7 Å². The molecule has 2 unspecified atom stereocenters. The van der Waals surface area contributed by atoms with Gasteiger partial charge in [0.15, 0.2) is 12.2 Å². The number of ether oxygens (including phenoxy) is 4. The maximum atomic E-state index is 13.1. The van der Waals surface area contributed by atoms with Crippen LogP contribution in [0.5, 0.6) is 0 Å². The Morgan fingerprint density at radius 3 is 0.708 bits per heavy atom. The minimum Gasteiger partial charge on any atom is -0.462 e. The van der Waals surface area contributed by atoms with Crippen LogP contribution in [0.4, 0.5) is 0 Å². The molecule has 19 heteroatoms. The van der Waals surface area contributed by atoms with Crippen molar-refractivity contribution in [2.75, 3.05) is 39.6 Å². The zero-order chi connectivity index (χ0) is 70.7. The second-order valence-corrected chi connectivity index (χ2v) is 31.6. The fourth-order valence-electron chi connectivity index (χ4n) is 11.8. The number of aliphatic hydroxyl groups is 1. The van der Waals surface area contributed by atoms with E-state index in [2.05, 4.69) is 41.5 Å². The molecule has 17 nitrogen and oxygen atoms in total. The topological polar surface area (TPSA) is 237 Å². The quantitative estimate of drug-likeness (QED) is 0.0222. The van der Waals surface area contributed by atoms with Crippen LogP contribution < -0.4 is 0 Å². The van der Waals surface area contributed by atoms with Crippen LogP contribution in [0, 0.1) is 11.8 Å². The molecule has 0 heterocycles. The summed E-state index contributed by atoms with van der Waals surface area (Å²) >= 11 is 0. The molecule has 0 spiro atoms. The average Bonchev–Trinajstić information content (AvgIpc) is 1.82. The molecule has 0 aliphatic carbocycles. The van der Waals surface area contributed by atoms with Gasteiger partial charge in [-0.3, -0.25) is 37.3 Å². The first kappa shape index (κ1) is 94.1. The first-order valence-corrected chi connectivity index (χ1v) is 43.0. The van der Waals surface area contributed by atoms with Crippen molar-refractivity contribution in [2.45, 2.75) is 419 Å². The molecule has 5 atom stereocenters. The second kappa shape index (κ2) is 68.8. The van der Waals surface area contributed by atoms with Gasteiger partial charge in [0.25, 0.3) is 0 Å². The lowest BCUT2D eigenvalue weighted by Crippen LogP contribution is -2.30. The molecule has 0 saturated carbocycles. The Labute approximate surface area is 588 Å². The van der Waals surface area contributed by atoms with Gasteiger partial charge in [-0.15, -0.1) is 0 Å². The van der Waals surface area contributed by atoms with Gasteiger partial charge in [-0.1, -0.05) is 350 Å². The normalized spacial score (nSPS) is 14.0. The van der Waals surface area contributed by atoms with Crippen molar-refractivity contribution in [1.82, 2.24) is 0 Å². The van der Waals surface area contributed by atoms with Crippen molar-refractivity contribution in [1.29, 1.82) is 0 Å². The summed E-state index contributed by atoms with van der Waals surface area (Å²) in [6, 6.07) is 0. The number of phosphoric acid groups is 2. The number of carbonyl (C=O) groups excluding carboxylic acids is 4. The lowest BCUT2D eigenvalue weighted by atomic mass is 10.0. The van der Waals surface area contributed by atoms with Crippen LogP contribution in [0.3, 0.4) is 0 Å². The van der Waals surface area contributed by atoms with Crippen LogP contribution in [-0.2, 0) is 65.4 Å². The first-order chi connectivity index (χ1) is 46.4. The number of phosphoric ester groups is 2. The van der Waals surface area contributed by atoms with E-state index >= 15 is 0 Å². The van der Waals surface area contributed by atoms with E-state index in [1.54, 1.807) is 0 Å². The maximum Gasteiger partial charge on any atom is 0.472 e. The van der Waals surface area contributed by atoms with E-state index in [0.29, 0.717) is 25.7 Å². The molecule has 96 heavy (non-hydrogen) atoms. The highest BCUT2D eigenvalue weighted by Crippen LogP contribution is 2.45. The monoisotopic (exact) mass is 1410 g/mol. The summed E-state index contributed by atoms with van der Waals surface area (Å²) in [5.41, 5.74) is 0. The Balaban J connectivity index is 5.23. The van der Waals surface area contributed by atoms with Crippen molar-refractivity contribution in [3.8, 4) is 0 Å². The molecule has 0 radical (unpaired) electrons. The lowest BCUT2D eigenvalue weighted by molar-refractivity contribution is -0.161. The van der Waals surface area contributed by atoms with E-state index in [-0.39, 0.29) is 25.7 Å². The van der Waals surface area contributed by atoms with Gasteiger partial charge >= 0.3 is 39.5 Å². The van der Waals surface area contributed by atoms with Crippen molar-refractivity contribution < 1.29 is 80.2 Å². The van der Waals surface area contributed by atoms with Gasteiger partial charge in [-0.25, -0.2) is 9.13 Å². The summed E-state index contributed by atoms with van der Waals surface area (Å²) in [5, 5.41) is 10.6. The third-order valence-electron chi connectivity index (χ3n) is 18.0. The maximum absolute atomic E-state index is 13.1. The number of hydrogen-bond donors (Lipinski definition) is 3. The zero-order valence-electron chi connectivity index (χ0n) is 62.7. The molecule has 0 bridgehead atoms. The number of unbranched alkanes of at least 4 members (excludes halogenated alkanes) is 46. The molecule has 0 aliphatic rings. The van der Waals surface area contributed by atoms with E-state index in [1.807, 2.05) is 0 Å². The summed E-state index contributed by atoms with van der Waals surface area (Å²) in [6.07, 6.45) is 56.8. The average molecular weight is 1410 g/mol. The second-order valence-electron chi connectivity index (χ2n) is 28.7. The number of esters is 4. The molecule has 0 rings (SSSR count). The largest absolute Gasteiger partial charge is 0.472 e. The SMILES string of the molecule is CCCCCCCCCCCCCCCCCCC(=O)OC[C@H](COP(=O)(O)OC[C@@H](O)COP(=O)(O)OC[C@@H](COC(=O)CCCCCCCCCCC)OC(=O)CCCCCCCCCCCCCCC(C)C)OC(=O)CCCCCCCCCCCCCCCC(C)C. The molecule has 0 aromatic heterocycles. The van der Waals surface area contributed by atoms with Crippen LogP contribution >= 0.6 is 15.6 Å². The fraction of sp³-hybridized carbons (Fsp3) is 0.948. The van der Waals surface area contributed by atoms with Gasteiger partial charge in [0.05, 0.1) is 26.4 Å². The van der Waals surface area contributed by atoms with Gasteiger partial charge in [-0.05, 0) is 37.5 Å². The third kappa shape index (κ3) is 70.5. The lowest BCUT2D eigenvalue weighted by Gasteiger charge is -2.21.